The first-order valence-corrected chi connectivity index (χ1v) is 9.33. The maximum atomic E-state index is 15.1. The monoisotopic (exact) mass is 374 g/mol. The summed E-state index contributed by atoms with van der Waals surface area (Å²) in [4.78, 5) is 26.0. The second-order valence-corrected chi connectivity index (χ2v) is 7.82. The van der Waals surface area contributed by atoms with E-state index in [4.69, 9.17) is 0 Å². The maximum Gasteiger partial charge on any atom is 0.341 e. The molecule has 0 amide bonds. The highest BCUT2D eigenvalue weighted by Crippen LogP contribution is 2.40. The smallest absolute Gasteiger partial charge is 0.341 e. The Hall–Kier alpha value is -2.41. The number of aliphatic hydroxyl groups excluding tert-OH is 1. The van der Waals surface area contributed by atoms with Crippen molar-refractivity contribution in [2.24, 2.45) is 5.92 Å². The number of halogens is 1. The molecule has 2 fully saturated rings. The molecule has 0 bridgehead atoms. The van der Waals surface area contributed by atoms with Gasteiger partial charge in [0, 0.05) is 30.7 Å². The largest absolute Gasteiger partial charge is 0.477 e. The fourth-order valence-corrected chi connectivity index (χ4v) is 4.19. The van der Waals surface area contributed by atoms with Gasteiger partial charge in [-0.2, -0.15) is 0 Å². The predicted molar refractivity (Wildman–Crippen MR) is 100 cm³/mol. The Labute approximate surface area is 155 Å². The number of aromatic carboxylic acids is 1. The summed E-state index contributed by atoms with van der Waals surface area (Å²) in [5.74, 6) is -1.80. The van der Waals surface area contributed by atoms with Crippen LogP contribution >= 0.6 is 0 Å². The molecule has 7 heteroatoms. The molecule has 1 aromatic carbocycles. The second-order valence-electron chi connectivity index (χ2n) is 7.82. The van der Waals surface area contributed by atoms with Crippen molar-refractivity contribution in [2.75, 3.05) is 18.0 Å². The van der Waals surface area contributed by atoms with Crippen molar-refractivity contribution in [1.82, 2.24) is 4.57 Å². The average molecular weight is 374 g/mol. The molecule has 2 heterocycles. The number of carboxylic acids is 1. The standard InChI is InChI=1S/C20H23FN2O4/c1-10-8-22(6-5-16(10)24)18-11(2)17-13(7-15(18)21)19(25)14(20(26)27)9-23(17)12-3-4-12/h7,9-10,12,16,24H,3-6,8H2,1-2H3,(H,26,27)/t10-,16+/m1/s1. The molecule has 0 spiro atoms. The van der Waals surface area contributed by atoms with Crippen LogP contribution in [0.4, 0.5) is 10.1 Å². The number of nitrogens with zero attached hydrogens (tertiary/aromatic N) is 2. The minimum absolute atomic E-state index is 0.0215. The minimum Gasteiger partial charge on any atom is -0.477 e. The lowest BCUT2D eigenvalue weighted by molar-refractivity contribution is 0.0694. The van der Waals surface area contributed by atoms with Crippen molar-refractivity contribution in [3.63, 3.8) is 0 Å². The average Bonchev–Trinajstić information content (AvgIpc) is 3.43. The zero-order valence-corrected chi connectivity index (χ0v) is 15.4. The molecule has 0 radical (unpaired) electrons. The van der Waals surface area contributed by atoms with E-state index in [0.29, 0.717) is 36.3 Å². The van der Waals surface area contributed by atoms with Crippen molar-refractivity contribution in [3.05, 3.63) is 39.4 Å². The van der Waals surface area contributed by atoms with Crippen LogP contribution in [0.3, 0.4) is 0 Å². The SMILES string of the molecule is Cc1c(N2CC[C@H](O)[C@H](C)C2)c(F)cc2c(=O)c(C(=O)O)cn(C3CC3)c12. The Morgan fingerprint density at radius 3 is 2.59 bits per heavy atom. The molecule has 2 aromatic rings. The van der Waals surface area contributed by atoms with E-state index in [1.807, 2.05) is 16.4 Å². The highest BCUT2D eigenvalue weighted by molar-refractivity contribution is 5.95. The third kappa shape index (κ3) is 2.90. The van der Waals surface area contributed by atoms with Gasteiger partial charge in [-0.1, -0.05) is 6.92 Å². The number of anilines is 1. The van der Waals surface area contributed by atoms with Gasteiger partial charge in [0.2, 0.25) is 5.43 Å². The van der Waals surface area contributed by atoms with Crippen LogP contribution in [0.1, 0.15) is 48.1 Å². The van der Waals surface area contributed by atoms with Crippen LogP contribution in [0.15, 0.2) is 17.1 Å². The van der Waals surface area contributed by atoms with E-state index in [0.717, 1.165) is 12.8 Å². The summed E-state index contributed by atoms with van der Waals surface area (Å²) >= 11 is 0. The van der Waals surface area contributed by atoms with Gasteiger partial charge in [0.25, 0.3) is 0 Å². The molecule has 2 atom stereocenters. The summed E-state index contributed by atoms with van der Waals surface area (Å²) in [5, 5.41) is 19.5. The lowest BCUT2D eigenvalue weighted by Crippen LogP contribution is -2.42. The number of hydrogen-bond acceptors (Lipinski definition) is 4. The predicted octanol–water partition coefficient (Wildman–Crippen LogP) is 2.69. The van der Waals surface area contributed by atoms with Crippen LogP contribution in [-0.2, 0) is 0 Å². The van der Waals surface area contributed by atoms with Crippen LogP contribution < -0.4 is 10.3 Å². The van der Waals surface area contributed by atoms with Gasteiger partial charge >= 0.3 is 5.97 Å². The summed E-state index contributed by atoms with van der Waals surface area (Å²) in [5.41, 5.74) is 0.733. The highest BCUT2D eigenvalue weighted by atomic mass is 19.1. The fraction of sp³-hybridized carbons (Fsp3) is 0.500. The van der Waals surface area contributed by atoms with Gasteiger partial charge in [-0.15, -0.1) is 0 Å². The normalized spacial score (nSPS) is 23.0. The van der Waals surface area contributed by atoms with Crippen LogP contribution in [-0.4, -0.2) is 39.9 Å². The number of fused-ring (bicyclic) bond motifs is 1. The van der Waals surface area contributed by atoms with Gasteiger partial charge in [-0.05, 0) is 43.7 Å². The number of rotatable bonds is 3. The van der Waals surface area contributed by atoms with Gasteiger partial charge in [-0.25, -0.2) is 9.18 Å². The number of benzene rings is 1. The molecule has 0 unspecified atom stereocenters. The topological polar surface area (TPSA) is 82.8 Å². The third-order valence-electron chi connectivity index (χ3n) is 5.83. The van der Waals surface area contributed by atoms with Crippen LogP contribution in [0.2, 0.25) is 0 Å². The Bertz CT molecular complexity index is 996. The van der Waals surface area contributed by atoms with Gasteiger partial charge in [0.15, 0.2) is 0 Å². The van der Waals surface area contributed by atoms with E-state index >= 15 is 4.39 Å². The minimum atomic E-state index is -1.29. The molecule has 1 saturated carbocycles. The molecule has 1 aliphatic heterocycles. The quantitative estimate of drug-likeness (QED) is 0.863. The summed E-state index contributed by atoms with van der Waals surface area (Å²) in [6.07, 6.45) is 3.40. The molecule has 27 heavy (non-hydrogen) atoms. The van der Waals surface area contributed by atoms with E-state index < -0.39 is 23.3 Å². The van der Waals surface area contributed by atoms with Crippen molar-refractivity contribution in [1.29, 1.82) is 0 Å². The van der Waals surface area contributed by atoms with Crippen LogP contribution in [0, 0.1) is 18.7 Å². The first-order valence-electron chi connectivity index (χ1n) is 9.33. The number of piperidine rings is 1. The Morgan fingerprint density at radius 1 is 1.30 bits per heavy atom. The van der Waals surface area contributed by atoms with E-state index in [-0.39, 0.29) is 22.9 Å². The van der Waals surface area contributed by atoms with Crippen LogP contribution in [0.25, 0.3) is 10.9 Å². The number of hydrogen-bond donors (Lipinski definition) is 2. The maximum absolute atomic E-state index is 15.1. The zero-order valence-electron chi connectivity index (χ0n) is 15.4. The Morgan fingerprint density at radius 2 is 2.00 bits per heavy atom. The number of carboxylic acid groups (broad SMARTS) is 1. The lowest BCUT2D eigenvalue weighted by atomic mass is 9.95. The summed E-state index contributed by atoms with van der Waals surface area (Å²) in [6, 6.07) is 1.33. The van der Waals surface area contributed by atoms with E-state index in [1.54, 1.807) is 6.92 Å². The van der Waals surface area contributed by atoms with Gasteiger partial charge < -0.3 is 19.7 Å². The number of aliphatic hydroxyl groups is 1. The first kappa shape index (κ1) is 18.0. The van der Waals surface area contributed by atoms with Crippen LogP contribution in [0.5, 0.6) is 0 Å². The number of carbonyl (C=O) groups is 1. The number of pyridine rings is 1. The van der Waals surface area contributed by atoms with Gasteiger partial charge in [0.05, 0.1) is 17.3 Å². The van der Waals surface area contributed by atoms with Gasteiger partial charge in [-0.3, -0.25) is 4.79 Å². The highest BCUT2D eigenvalue weighted by Gasteiger charge is 2.31. The van der Waals surface area contributed by atoms with E-state index in [1.165, 1.54) is 12.3 Å². The second kappa shape index (κ2) is 6.34. The summed E-state index contributed by atoms with van der Waals surface area (Å²) in [7, 11) is 0. The zero-order chi connectivity index (χ0) is 19.5. The van der Waals surface area contributed by atoms with Gasteiger partial charge in [0.1, 0.15) is 11.4 Å². The first-order chi connectivity index (χ1) is 12.8. The Balaban J connectivity index is 1.96. The number of aromatic nitrogens is 1. The van der Waals surface area contributed by atoms with E-state index in [2.05, 4.69) is 0 Å². The summed E-state index contributed by atoms with van der Waals surface area (Å²) in [6.45, 7) is 4.79. The molecule has 2 N–H and O–H groups in total. The molecular formula is C20H23FN2O4. The molecule has 2 aliphatic rings. The molecule has 144 valence electrons. The van der Waals surface area contributed by atoms with Crippen molar-refractivity contribution < 1.29 is 19.4 Å². The van der Waals surface area contributed by atoms with Crippen molar-refractivity contribution in [3.8, 4) is 0 Å². The third-order valence-corrected chi connectivity index (χ3v) is 5.83. The lowest BCUT2D eigenvalue weighted by Gasteiger charge is -2.37. The molecule has 4 rings (SSSR count). The van der Waals surface area contributed by atoms with E-state index in [9.17, 15) is 19.8 Å². The van der Waals surface area contributed by atoms with Crippen molar-refractivity contribution in [2.45, 2.75) is 45.3 Å². The molecular weight excluding hydrogens is 351 g/mol. The number of aryl methyl sites for hydroxylation is 1. The molecule has 1 saturated heterocycles. The fourth-order valence-electron chi connectivity index (χ4n) is 4.19. The van der Waals surface area contributed by atoms with Crippen molar-refractivity contribution >= 4 is 22.6 Å². The molecule has 1 aromatic heterocycles. The molecule has 6 nitrogen and oxygen atoms in total. The summed E-state index contributed by atoms with van der Waals surface area (Å²) < 4.78 is 16.9. The molecule has 1 aliphatic carbocycles. The Kier molecular flexibility index (Phi) is 4.22.